The van der Waals surface area contributed by atoms with Crippen LogP contribution in [0.3, 0.4) is 0 Å². The number of methoxy groups -OCH3 is 1. The molecule has 0 unspecified atom stereocenters. The van der Waals surface area contributed by atoms with Crippen LogP contribution in [0.2, 0.25) is 0 Å². The molecule has 14 heavy (non-hydrogen) atoms. The number of carbonyl (C=O) groups excluding carboxylic acids is 2. The predicted octanol–water partition coefficient (Wildman–Crippen LogP) is 1.15. The molecule has 5 nitrogen and oxygen atoms in total. The average Bonchev–Trinajstić information content (AvgIpc) is 2.65. The highest BCUT2D eigenvalue weighted by Crippen LogP contribution is 2.19. The number of halogens is 1. The van der Waals surface area contributed by atoms with E-state index < -0.39 is 12.1 Å². The van der Waals surface area contributed by atoms with Gasteiger partial charge in [0, 0.05) is 6.54 Å². The lowest BCUT2D eigenvalue weighted by Gasteiger charge is -2.21. The minimum Gasteiger partial charge on any atom is -0.467 e. The zero-order valence-electron chi connectivity index (χ0n) is 7.86. The highest BCUT2D eigenvalue weighted by molar-refractivity contribution is 14.1. The van der Waals surface area contributed by atoms with E-state index in [1.54, 1.807) is 0 Å². The maximum atomic E-state index is 11.4. The fourth-order valence-electron chi connectivity index (χ4n) is 1.50. The number of ether oxygens (including phenoxy) is 2. The second-order valence-corrected chi connectivity index (χ2v) is 3.52. The van der Waals surface area contributed by atoms with Crippen molar-refractivity contribution in [1.82, 2.24) is 4.90 Å². The Morgan fingerprint density at radius 3 is 2.86 bits per heavy atom. The Balaban J connectivity index is 2.59. The molecule has 0 radical (unpaired) electrons. The van der Waals surface area contributed by atoms with Crippen LogP contribution in [-0.2, 0) is 14.3 Å². The summed E-state index contributed by atoms with van der Waals surface area (Å²) in [5.74, 6) is -0.368. The third-order valence-electron chi connectivity index (χ3n) is 2.14. The molecule has 0 bridgehead atoms. The fourth-order valence-corrected chi connectivity index (χ4v) is 1.76. The quantitative estimate of drug-likeness (QED) is 0.436. The highest BCUT2D eigenvalue weighted by atomic mass is 127. The summed E-state index contributed by atoms with van der Waals surface area (Å²) in [5, 5.41) is 0. The predicted molar refractivity (Wildman–Crippen MR) is 57.1 cm³/mol. The molecule has 0 saturated carbocycles. The van der Waals surface area contributed by atoms with Gasteiger partial charge in [-0.3, -0.25) is 4.90 Å². The van der Waals surface area contributed by atoms with Crippen molar-refractivity contribution >= 4 is 34.7 Å². The number of carbonyl (C=O) groups is 2. The van der Waals surface area contributed by atoms with Crippen molar-refractivity contribution in [3.8, 4) is 0 Å². The highest BCUT2D eigenvalue weighted by Gasteiger charge is 2.35. The van der Waals surface area contributed by atoms with Gasteiger partial charge >= 0.3 is 12.1 Å². The van der Waals surface area contributed by atoms with E-state index in [0.717, 1.165) is 6.42 Å². The standard InChI is InChI=1S/C8H12INO4/c1-13-7(11)6-3-2-4-10(6)8(12)14-5-9/h6H,2-5H2,1H3/t6-/m0/s1. The molecular weight excluding hydrogens is 301 g/mol. The molecule has 0 aromatic carbocycles. The van der Waals surface area contributed by atoms with E-state index in [1.807, 2.05) is 22.6 Å². The van der Waals surface area contributed by atoms with Crippen molar-refractivity contribution < 1.29 is 19.1 Å². The molecule has 0 N–H and O–H groups in total. The van der Waals surface area contributed by atoms with Crippen molar-refractivity contribution in [3.63, 3.8) is 0 Å². The maximum absolute atomic E-state index is 11.4. The van der Waals surface area contributed by atoms with Gasteiger partial charge < -0.3 is 9.47 Å². The molecule has 0 spiro atoms. The lowest BCUT2D eigenvalue weighted by molar-refractivity contribution is -0.145. The molecule has 1 aliphatic heterocycles. The van der Waals surface area contributed by atoms with Gasteiger partial charge in [-0.2, -0.15) is 0 Å². The monoisotopic (exact) mass is 313 g/mol. The van der Waals surface area contributed by atoms with E-state index in [0.29, 0.717) is 17.6 Å². The summed E-state index contributed by atoms with van der Waals surface area (Å²) in [4.78, 5) is 24.0. The van der Waals surface area contributed by atoms with E-state index in [4.69, 9.17) is 4.74 Å². The summed E-state index contributed by atoms with van der Waals surface area (Å²) in [6.45, 7) is 0.565. The number of esters is 1. The molecule has 80 valence electrons. The van der Waals surface area contributed by atoms with Crippen molar-refractivity contribution in [2.45, 2.75) is 18.9 Å². The zero-order valence-corrected chi connectivity index (χ0v) is 10.0. The van der Waals surface area contributed by atoms with Gasteiger partial charge in [0.2, 0.25) is 0 Å². The van der Waals surface area contributed by atoms with Gasteiger partial charge in [0.1, 0.15) is 10.7 Å². The van der Waals surface area contributed by atoms with E-state index in [2.05, 4.69) is 4.74 Å². The molecule has 0 aromatic rings. The van der Waals surface area contributed by atoms with Crippen molar-refractivity contribution in [3.05, 3.63) is 0 Å². The summed E-state index contributed by atoms with van der Waals surface area (Å²) in [5.41, 5.74) is 0. The Morgan fingerprint density at radius 1 is 1.57 bits per heavy atom. The largest absolute Gasteiger partial charge is 0.467 e. The number of likely N-dealkylation sites (tertiary alicyclic amines) is 1. The lowest BCUT2D eigenvalue weighted by atomic mass is 10.2. The fraction of sp³-hybridized carbons (Fsp3) is 0.750. The van der Waals surface area contributed by atoms with E-state index in [9.17, 15) is 9.59 Å². The van der Waals surface area contributed by atoms with Crippen LogP contribution in [0.1, 0.15) is 12.8 Å². The van der Waals surface area contributed by atoms with Crippen LogP contribution in [-0.4, -0.2) is 41.3 Å². The molecule has 1 fully saturated rings. The minimum atomic E-state index is -0.463. The van der Waals surface area contributed by atoms with Gasteiger partial charge in [0.05, 0.1) is 7.11 Å². The third kappa shape index (κ3) is 2.49. The van der Waals surface area contributed by atoms with Gasteiger partial charge in [-0.1, -0.05) is 0 Å². The van der Waals surface area contributed by atoms with Crippen LogP contribution in [0, 0.1) is 0 Å². The number of rotatable bonds is 2. The first-order chi connectivity index (χ1) is 6.70. The Labute approximate surface area is 95.9 Å². The lowest BCUT2D eigenvalue weighted by Crippen LogP contribution is -2.41. The van der Waals surface area contributed by atoms with Crippen LogP contribution >= 0.6 is 22.6 Å². The maximum Gasteiger partial charge on any atom is 0.411 e. The summed E-state index contributed by atoms with van der Waals surface area (Å²) < 4.78 is 9.71. The molecular formula is C8H12INO4. The topological polar surface area (TPSA) is 55.8 Å². The van der Waals surface area contributed by atoms with Crippen LogP contribution in [0.15, 0.2) is 0 Å². The molecule has 1 saturated heterocycles. The van der Waals surface area contributed by atoms with Gasteiger partial charge in [-0.15, -0.1) is 0 Å². The Morgan fingerprint density at radius 2 is 2.29 bits per heavy atom. The van der Waals surface area contributed by atoms with Gasteiger partial charge in [-0.05, 0) is 35.4 Å². The van der Waals surface area contributed by atoms with E-state index in [1.165, 1.54) is 12.0 Å². The first-order valence-corrected chi connectivity index (χ1v) is 5.80. The Kier molecular flexibility index (Phi) is 4.43. The second-order valence-electron chi connectivity index (χ2n) is 2.89. The van der Waals surface area contributed by atoms with Gasteiger partial charge in [0.15, 0.2) is 0 Å². The Bertz CT molecular complexity index is 233. The summed E-state index contributed by atoms with van der Waals surface area (Å²) in [6, 6.07) is -0.463. The normalized spacial score (nSPS) is 20.7. The first kappa shape index (κ1) is 11.5. The molecule has 1 rings (SSSR count). The molecule has 0 aromatic heterocycles. The summed E-state index contributed by atoms with van der Waals surface area (Å²) >= 11 is 1.94. The van der Waals surface area contributed by atoms with Crippen molar-refractivity contribution in [2.24, 2.45) is 0 Å². The Hall–Kier alpha value is -0.530. The van der Waals surface area contributed by atoms with E-state index >= 15 is 0 Å². The van der Waals surface area contributed by atoms with Gasteiger partial charge in [-0.25, -0.2) is 9.59 Å². The molecule has 1 amide bonds. The van der Waals surface area contributed by atoms with E-state index in [-0.39, 0.29) is 5.97 Å². The summed E-state index contributed by atoms with van der Waals surface area (Å²) in [7, 11) is 1.32. The molecule has 6 heteroatoms. The molecule has 1 aliphatic rings. The first-order valence-electron chi connectivity index (χ1n) is 4.28. The minimum absolute atomic E-state index is 0.293. The second kappa shape index (κ2) is 5.38. The third-order valence-corrected chi connectivity index (χ3v) is 2.45. The number of nitrogens with zero attached hydrogens (tertiary/aromatic N) is 1. The van der Waals surface area contributed by atoms with Crippen molar-refractivity contribution in [2.75, 3.05) is 18.3 Å². The number of hydrogen-bond acceptors (Lipinski definition) is 4. The summed E-state index contributed by atoms with van der Waals surface area (Å²) in [6.07, 6.45) is 1.03. The molecule has 1 atom stereocenters. The molecule has 0 aliphatic carbocycles. The average molecular weight is 313 g/mol. The van der Waals surface area contributed by atoms with Crippen LogP contribution in [0.4, 0.5) is 4.79 Å². The van der Waals surface area contributed by atoms with Crippen LogP contribution in [0.25, 0.3) is 0 Å². The number of hydrogen-bond donors (Lipinski definition) is 0. The van der Waals surface area contributed by atoms with Crippen LogP contribution in [0.5, 0.6) is 0 Å². The van der Waals surface area contributed by atoms with Gasteiger partial charge in [0.25, 0.3) is 0 Å². The number of alkyl halides is 1. The molecule has 1 heterocycles. The van der Waals surface area contributed by atoms with Crippen LogP contribution < -0.4 is 0 Å². The smallest absolute Gasteiger partial charge is 0.411 e. The zero-order chi connectivity index (χ0) is 10.6. The number of amides is 1. The SMILES string of the molecule is COC(=O)[C@@H]1CCCN1C(=O)OCI. The van der Waals surface area contributed by atoms with Crippen molar-refractivity contribution in [1.29, 1.82) is 0 Å².